The molecule has 19 heavy (non-hydrogen) atoms. The summed E-state index contributed by atoms with van der Waals surface area (Å²) in [5.41, 5.74) is 7.78. The van der Waals surface area contributed by atoms with Gasteiger partial charge in [0.05, 0.1) is 5.56 Å². The van der Waals surface area contributed by atoms with Crippen LogP contribution >= 0.6 is 12.2 Å². The topological polar surface area (TPSA) is 42.2 Å². The van der Waals surface area contributed by atoms with Crippen LogP contribution in [0.5, 0.6) is 0 Å². The number of thiocarbonyl (C=S) groups is 1. The summed E-state index contributed by atoms with van der Waals surface area (Å²) in [6, 6.07) is 4.57. The van der Waals surface area contributed by atoms with Crippen molar-refractivity contribution in [2.75, 3.05) is 11.4 Å². The fourth-order valence-corrected chi connectivity index (χ4v) is 3.09. The lowest BCUT2D eigenvalue weighted by Gasteiger charge is -2.35. The van der Waals surface area contributed by atoms with Crippen LogP contribution in [0, 0.1) is 6.92 Å². The van der Waals surface area contributed by atoms with E-state index in [9.17, 15) is 0 Å². The first kappa shape index (κ1) is 14.3. The SMILES string of the molecule is CCN(c1nc(C)ccc1C(N)=S)C1CCCCC1. The van der Waals surface area contributed by atoms with Crippen molar-refractivity contribution in [2.45, 2.75) is 52.0 Å². The third-order valence-corrected chi connectivity index (χ3v) is 4.13. The van der Waals surface area contributed by atoms with Crippen LogP contribution in [0.1, 0.15) is 50.3 Å². The molecule has 0 aliphatic heterocycles. The number of aryl methyl sites for hydroxylation is 1. The Labute approximate surface area is 121 Å². The van der Waals surface area contributed by atoms with Gasteiger partial charge in [0.1, 0.15) is 10.8 Å². The molecule has 2 rings (SSSR count). The molecule has 0 saturated heterocycles. The molecule has 1 aromatic rings. The number of rotatable bonds is 4. The number of nitrogens with zero attached hydrogens (tertiary/aromatic N) is 2. The molecule has 1 aromatic heterocycles. The highest BCUT2D eigenvalue weighted by Gasteiger charge is 2.23. The number of nitrogens with two attached hydrogens (primary N) is 1. The van der Waals surface area contributed by atoms with E-state index in [0.29, 0.717) is 11.0 Å². The summed E-state index contributed by atoms with van der Waals surface area (Å²) in [6.07, 6.45) is 6.49. The predicted octanol–water partition coefficient (Wildman–Crippen LogP) is 3.18. The molecule has 0 aromatic carbocycles. The average molecular weight is 277 g/mol. The van der Waals surface area contributed by atoms with Crippen LogP contribution in [0.3, 0.4) is 0 Å². The minimum absolute atomic E-state index is 0.441. The maximum Gasteiger partial charge on any atom is 0.139 e. The Balaban J connectivity index is 2.35. The molecule has 1 saturated carbocycles. The van der Waals surface area contributed by atoms with Gasteiger partial charge in [-0.2, -0.15) is 0 Å². The molecule has 1 fully saturated rings. The van der Waals surface area contributed by atoms with Gasteiger partial charge in [-0.1, -0.05) is 31.5 Å². The lowest BCUT2D eigenvalue weighted by Crippen LogP contribution is -2.38. The van der Waals surface area contributed by atoms with Gasteiger partial charge in [-0.3, -0.25) is 0 Å². The fraction of sp³-hybridized carbons (Fsp3) is 0.600. The zero-order valence-corrected chi connectivity index (χ0v) is 12.7. The van der Waals surface area contributed by atoms with Crippen molar-refractivity contribution in [1.29, 1.82) is 0 Å². The van der Waals surface area contributed by atoms with E-state index in [4.69, 9.17) is 22.9 Å². The van der Waals surface area contributed by atoms with Crippen LogP contribution in [0.2, 0.25) is 0 Å². The van der Waals surface area contributed by atoms with Gasteiger partial charge in [-0.15, -0.1) is 0 Å². The Morgan fingerprint density at radius 2 is 2.05 bits per heavy atom. The number of aromatic nitrogens is 1. The summed E-state index contributed by atoms with van der Waals surface area (Å²) in [5, 5.41) is 0. The zero-order valence-electron chi connectivity index (χ0n) is 11.9. The molecule has 0 spiro atoms. The highest BCUT2D eigenvalue weighted by atomic mass is 32.1. The fourth-order valence-electron chi connectivity index (χ4n) is 2.93. The molecule has 2 N–H and O–H groups in total. The molecule has 0 bridgehead atoms. The first-order valence-electron chi connectivity index (χ1n) is 7.17. The van der Waals surface area contributed by atoms with Crippen molar-refractivity contribution in [3.8, 4) is 0 Å². The van der Waals surface area contributed by atoms with Crippen molar-refractivity contribution in [3.05, 3.63) is 23.4 Å². The standard InChI is InChI=1S/C15H23N3S/c1-3-18(12-7-5-4-6-8-12)15-13(14(16)19)10-9-11(2)17-15/h9-10,12H,3-8H2,1-2H3,(H2,16,19). The Kier molecular flexibility index (Phi) is 4.75. The number of hydrogen-bond acceptors (Lipinski definition) is 3. The Hall–Kier alpha value is -1.16. The van der Waals surface area contributed by atoms with E-state index in [2.05, 4.69) is 11.8 Å². The smallest absolute Gasteiger partial charge is 0.139 e. The van der Waals surface area contributed by atoms with Crippen molar-refractivity contribution >= 4 is 23.0 Å². The van der Waals surface area contributed by atoms with Crippen LogP contribution in [0.25, 0.3) is 0 Å². The van der Waals surface area contributed by atoms with Crippen LogP contribution in [-0.4, -0.2) is 22.6 Å². The first-order valence-corrected chi connectivity index (χ1v) is 7.58. The van der Waals surface area contributed by atoms with E-state index >= 15 is 0 Å². The molecule has 3 nitrogen and oxygen atoms in total. The maximum atomic E-state index is 5.85. The van der Waals surface area contributed by atoms with Gasteiger partial charge < -0.3 is 10.6 Å². The van der Waals surface area contributed by atoms with E-state index in [-0.39, 0.29) is 0 Å². The predicted molar refractivity (Wildman–Crippen MR) is 84.8 cm³/mol. The van der Waals surface area contributed by atoms with Gasteiger partial charge in [0.2, 0.25) is 0 Å². The lowest BCUT2D eigenvalue weighted by molar-refractivity contribution is 0.416. The first-order chi connectivity index (χ1) is 9.13. The van der Waals surface area contributed by atoms with E-state index in [0.717, 1.165) is 23.6 Å². The lowest BCUT2D eigenvalue weighted by atomic mass is 9.94. The van der Waals surface area contributed by atoms with Crippen LogP contribution in [0.4, 0.5) is 5.82 Å². The second kappa shape index (κ2) is 6.33. The summed E-state index contributed by atoms with van der Waals surface area (Å²) in [4.78, 5) is 7.53. The van der Waals surface area contributed by atoms with Gasteiger partial charge in [-0.05, 0) is 38.8 Å². The molecule has 1 heterocycles. The number of pyridine rings is 1. The number of anilines is 1. The maximum absolute atomic E-state index is 5.85. The second-order valence-corrected chi connectivity index (χ2v) is 5.71. The van der Waals surface area contributed by atoms with Crippen LogP contribution in [0.15, 0.2) is 12.1 Å². The van der Waals surface area contributed by atoms with Gasteiger partial charge in [0.25, 0.3) is 0 Å². The molecule has 0 unspecified atom stereocenters. The zero-order chi connectivity index (χ0) is 13.8. The highest BCUT2D eigenvalue weighted by molar-refractivity contribution is 7.80. The largest absolute Gasteiger partial charge is 0.389 e. The average Bonchev–Trinajstić information content (AvgIpc) is 2.40. The van der Waals surface area contributed by atoms with Gasteiger partial charge in [0, 0.05) is 18.3 Å². The Bertz CT molecular complexity index is 453. The summed E-state index contributed by atoms with van der Waals surface area (Å²) in [7, 11) is 0. The molecular formula is C15H23N3S. The third-order valence-electron chi connectivity index (χ3n) is 3.91. The summed E-state index contributed by atoms with van der Waals surface area (Å²) >= 11 is 5.17. The van der Waals surface area contributed by atoms with Crippen molar-refractivity contribution in [1.82, 2.24) is 4.98 Å². The minimum atomic E-state index is 0.441. The summed E-state index contributed by atoms with van der Waals surface area (Å²) in [5.74, 6) is 0.974. The second-order valence-electron chi connectivity index (χ2n) is 5.27. The summed E-state index contributed by atoms with van der Waals surface area (Å²) < 4.78 is 0. The van der Waals surface area contributed by atoms with Gasteiger partial charge in [0.15, 0.2) is 0 Å². The molecule has 104 valence electrons. The molecule has 1 aliphatic carbocycles. The minimum Gasteiger partial charge on any atom is -0.389 e. The monoisotopic (exact) mass is 277 g/mol. The van der Waals surface area contributed by atoms with Crippen molar-refractivity contribution in [3.63, 3.8) is 0 Å². The van der Waals surface area contributed by atoms with Crippen LogP contribution in [-0.2, 0) is 0 Å². The van der Waals surface area contributed by atoms with Gasteiger partial charge in [-0.25, -0.2) is 4.98 Å². The third kappa shape index (κ3) is 3.24. The Morgan fingerprint density at radius 3 is 2.63 bits per heavy atom. The Morgan fingerprint density at radius 1 is 1.37 bits per heavy atom. The van der Waals surface area contributed by atoms with Crippen LogP contribution < -0.4 is 10.6 Å². The molecule has 0 amide bonds. The quantitative estimate of drug-likeness (QED) is 0.858. The van der Waals surface area contributed by atoms with Crippen molar-refractivity contribution < 1.29 is 0 Å². The molecule has 0 atom stereocenters. The summed E-state index contributed by atoms with van der Waals surface area (Å²) in [6.45, 7) is 5.15. The van der Waals surface area contributed by atoms with Gasteiger partial charge >= 0.3 is 0 Å². The van der Waals surface area contributed by atoms with E-state index < -0.39 is 0 Å². The number of hydrogen-bond donors (Lipinski definition) is 1. The van der Waals surface area contributed by atoms with Crippen molar-refractivity contribution in [2.24, 2.45) is 5.73 Å². The van der Waals surface area contributed by atoms with E-state index in [1.165, 1.54) is 32.1 Å². The molecular weight excluding hydrogens is 254 g/mol. The molecule has 1 aliphatic rings. The molecule has 4 heteroatoms. The van der Waals surface area contributed by atoms with E-state index in [1.54, 1.807) is 0 Å². The molecule has 0 radical (unpaired) electrons. The highest BCUT2D eigenvalue weighted by Crippen LogP contribution is 2.28. The normalized spacial score (nSPS) is 16.3. The van der Waals surface area contributed by atoms with E-state index in [1.807, 2.05) is 19.1 Å².